The van der Waals surface area contributed by atoms with Gasteiger partial charge in [-0.1, -0.05) is 0 Å². The maximum absolute atomic E-state index is 13.4. The Morgan fingerprint density at radius 3 is 1.96 bits per heavy atom. The number of aryl methyl sites for hydroxylation is 1. The van der Waals surface area contributed by atoms with Gasteiger partial charge in [0.15, 0.2) is 11.6 Å². The van der Waals surface area contributed by atoms with Crippen LogP contribution in [0, 0.1) is 30.2 Å². The summed E-state index contributed by atoms with van der Waals surface area (Å²) in [6, 6.07) is 1.99. The van der Waals surface area contributed by atoms with Gasteiger partial charge in [0.05, 0.1) is 11.1 Å². The van der Waals surface area contributed by atoms with E-state index in [0.717, 1.165) is 12.1 Å². The highest BCUT2D eigenvalue weighted by Crippen LogP contribution is 2.31. The highest BCUT2D eigenvalue weighted by molar-refractivity contribution is 5.91. The van der Waals surface area contributed by atoms with Gasteiger partial charge in [0.1, 0.15) is 0 Å². The Labute approximate surface area is 130 Å². The molecule has 24 heavy (non-hydrogen) atoms. The van der Waals surface area contributed by atoms with Gasteiger partial charge in [-0.15, -0.1) is 0 Å². The van der Waals surface area contributed by atoms with E-state index in [4.69, 9.17) is 0 Å². The molecule has 0 fully saturated rings. The molecule has 0 atom stereocenters. The minimum atomic E-state index is -4.78. The van der Waals surface area contributed by atoms with Crippen molar-refractivity contribution in [2.75, 3.05) is 0 Å². The lowest BCUT2D eigenvalue weighted by Gasteiger charge is -2.11. The first-order chi connectivity index (χ1) is 11.0. The first-order valence-electron chi connectivity index (χ1n) is 6.24. The monoisotopic (exact) mass is 352 g/mol. The molecule has 0 heterocycles. The van der Waals surface area contributed by atoms with Gasteiger partial charge in [0.2, 0.25) is 17.4 Å². The predicted octanol–water partition coefficient (Wildman–Crippen LogP) is 4.79. The second-order valence-corrected chi connectivity index (χ2v) is 4.77. The van der Waals surface area contributed by atoms with Crippen molar-refractivity contribution >= 4 is 5.97 Å². The smallest absolute Gasteiger partial charge is 0.416 e. The molecule has 0 aliphatic rings. The third kappa shape index (κ3) is 3.50. The molecule has 0 aliphatic carbocycles. The molecule has 2 aromatic carbocycles. The lowest BCUT2D eigenvalue weighted by atomic mass is 10.1. The number of halogens is 7. The van der Waals surface area contributed by atoms with Crippen molar-refractivity contribution in [2.45, 2.75) is 13.1 Å². The van der Waals surface area contributed by atoms with Crippen molar-refractivity contribution in [1.29, 1.82) is 0 Å². The highest BCUT2D eigenvalue weighted by atomic mass is 19.4. The number of ether oxygens (including phenoxy) is 1. The maximum Gasteiger partial charge on any atom is 0.416 e. The average Bonchev–Trinajstić information content (AvgIpc) is 2.48. The quantitative estimate of drug-likeness (QED) is 0.336. The van der Waals surface area contributed by atoms with E-state index in [9.17, 15) is 35.5 Å². The van der Waals surface area contributed by atoms with Crippen LogP contribution < -0.4 is 4.74 Å². The molecule has 9 heteroatoms. The number of carbonyl (C=O) groups excluding carboxylic acids is 1. The lowest BCUT2D eigenvalue weighted by molar-refractivity contribution is -0.137. The van der Waals surface area contributed by atoms with E-state index in [1.54, 1.807) is 0 Å². The van der Waals surface area contributed by atoms with Crippen molar-refractivity contribution < 1.29 is 40.3 Å². The van der Waals surface area contributed by atoms with Gasteiger partial charge in [0, 0.05) is 6.07 Å². The van der Waals surface area contributed by atoms with Gasteiger partial charge >= 0.3 is 12.1 Å². The van der Waals surface area contributed by atoms with Crippen molar-refractivity contribution in [3.8, 4) is 5.75 Å². The Morgan fingerprint density at radius 1 is 0.917 bits per heavy atom. The molecular weight excluding hydrogens is 345 g/mol. The van der Waals surface area contributed by atoms with E-state index in [1.165, 1.54) is 6.92 Å². The van der Waals surface area contributed by atoms with Crippen LogP contribution in [0.1, 0.15) is 21.5 Å². The third-order valence-electron chi connectivity index (χ3n) is 2.91. The summed E-state index contributed by atoms with van der Waals surface area (Å²) in [5.41, 5.74) is -1.87. The fourth-order valence-electron chi connectivity index (χ4n) is 1.86. The van der Waals surface area contributed by atoms with Crippen molar-refractivity contribution in [2.24, 2.45) is 0 Å². The molecular formula is C15H7F7O2. The van der Waals surface area contributed by atoms with Crippen LogP contribution in [0.4, 0.5) is 30.7 Å². The zero-order valence-corrected chi connectivity index (χ0v) is 11.8. The first kappa shape index (κ1) is 17.8. The van der Waals surface area contributed by atoms with Gasteiger partial charge in [-0.3, -0.25) is 0 Å². The van der Waals surface area contributed by atoms with E-state index in [1.807, 2.05) is 0 Å². The number of hydrogen-bond acceptors (Lipinski definition) is 2. The van der Waals surface area contributed by atoms with E-state index in [0.29, 0.717) is 6.07 Å². The Morgan fingerprint density at radius 2 is 1.46 bits per heavy atom. The van der Waals surface area contributed by atoms with Crippen LogP contribution in [0.5, 0.6) is 5.75 Å². The minimum absolute atomic E-state index is 0.0168. The van der Waals surface area contributed by atoms with Gasteiger partial charge in [0.25, 0.3) is 0 Å². The molecule has 0 spiro atoms. The zero-order chi connectivity index (χ0) is 18.2. The number of benzene rings is 2. The summed E-state index contributed by atoms with van der Waals surface area (Å²) >= 11 is 0. The van der Waals surface area contributed by atoms with Gasteiger partial charge in [-0.25, -0.2) is 13.6 Å². The molecule has 0 amide bonds. The molecule has 2 nitrogen and oxygen atoms in total. The Bertz CT molecular complexity index is 786. The molecule has 0 N–H and O–H groups in total. The Kier molecular flexibility index (Phi) is 4.54. The average molecular weight is 352 g/mol. The summed E-state index contributed by atoms with van der Waals surface area (Å²) in [5, 5.41) is 0. The number of rotatable bonds is 2. The molecule has 0 radical (unpaired) electrons. The van der Waals surface area contributed by atoms with Gasteiger partial charge < -0.3 is 4.74 Å². The van der Waals surface area contributed by atoms with Crippen molar-refractivity contribution in [3.63, 3.8) is 0 Å². The van der Waals surface area contributed by atoms with Crippen LogP contribution in [0.25, 0.3) is 0 Å². The van der Waals surface area contributed by atoms with Crippen LogP contribution in [-0.2, 0) is 6.18 Å². The Hall–Kier alpha value is -2.58. The maximum atomic E-state index is 13.4. The molecule has 0 saturated heterocycles. The number of carbonyl (C=O) groups is 1. The molecule has 0 saturated carbocycles. The van der Waals surface area contributed by atoms with E-state index in [-0.39, 0.29) is 11.6 Å². The fraction of sp³-hybridized carbons (Fsp3) is 0.133. The van der Waals surface area contributed by atoms with E-state index < -0.39 is 52.3 Å². The van der Waals surface area contributed by atoms with E-state index in [2.05, 4.69) is 4.74 Å². The highest BCUT2D eigenvalue weighted by Gasteiger charge is 2.32. The second-order valence-electron chi connectivity index (χ2n) is 4.77. The van der Waals surface area contributed by atoms with Crippen molar-refractivity contribution in [1.82, 2.24) is 0 Å². The first-order valence-corrected chi connectivity index (χ1v) is 6.24. The molecule has 0 bridgehead atoms. The summed E-state index contributed by atoms with van der Waals surface area (Å²) < 4.78 is 95.2. The van der Waals surface area contributed by atoms with Crippen molar-refractivity contribution in [3.05, 3.63) is 64.2 Å². The normalized spacial score (nSPS) is 11.5. The van der Waals surface area contributed by atoms with Crippen LogP contribution in [0.15, 0.2) is 24.3 Å². The molecule has 0 aliphatic heterocycles. The molecule has 0 aromatic heterocycles. The van der Waals surface area contributed by atoms with Crippen LogP contribution in [0.3, 0.4) is 0 Å². The zero-order valence-electron chi connectivity index (χ0n) is 11.8. The van der Waals surface area contributed by atoms with Crippen LogP contribution in [0.2, 0.25) is 0 Å². The summed E-state index contributed by atoms with van der Waals surface area (Å²) in [4.78, 5) is 11.8. The predicted molar refractivity (Wildman–Crippen MR) is 67.4 cm³/mol. The summed E-state index contributed by atoms with van der Waals surface area (Å²) in [5.74, 6) is -10.9. The summed E-state index contributed by atoms with van der Waals surface area (Å²) in [6.45, 7) is 1.25. The number of hydrogen-bond donors (Lipinski definition) is 0. The third-order valence-corrected chi connectivity index (χ3v) is 2.91. The van der Waals surface area contributed by atoms with Crippen LogP contribution >= 0.6 is 0 Å². The number of alkyl halides is 3. The van der Waals surface area contributed by atoms with Crippen LogP contribution in [-0.4, -0.2) is 5.97 Å². The SMILES string of the molecule is Cc1cc(C(=O)Oc2c(F)c(F)cc(F)c2F)cc(C(F)(F)F)c1. The topological polar surface area (TPSA) is 26.3 Å². The molecule has 2 aromatic rings. The lowest BCUT2D eigenvalue weighted by Crippen LogP contribution is -2.14. The second kappa shape index (κ2) is 6.14. The van der Waals surface area contributed by atoms with Gasteiger partial charge in [-0.05, 0) is 30.7 Å². The molecule has 0 unspecified atom stereocenters. The minimum Gasteiger partial charge on any atom is -0.416 e. The van der Waals surface area contributed by atoms with E-state index >= 15 is 0 Å². The van der Waals surface area contributed by atoms with Gasteiger partial charge in [-0.2, -0.15) is 22.0 Å². The summed E-state index contributed by atoms with van der Waals surface area (Å²) in [7, 11) is 0. The number of esters is 1. The Balaban J connectivity index is 2.44. The molecule has 2 rings (SSSR count). The standard InChI is InChI=1S/C15H7F7O2/c1-6-2-7(4-8(3-6)15(20,21)22)14(23)24-13-11(18)9(16)5-10(17)12(13)19/h2-5H,1H3. The molecule has 128 valence electrons. The fourth-order valence-corrected chi connectivity index (χ4v) is 1.86. The largest absolute Gasteiger partial charge is 0.416 e. The summed E-state index contributed by atoms with van der Waals surface area (Å²) in [6.07, 6.45) is -4.78.